The first-order valence-electron chi connectivity index (χ1n) is 9.58. The van der Waals surface area contributed by atoms with Gasteiger partial charge in [0.15, 0.2) is 11.5 Å². The number of rotatable bonds is 3. The Hall–Kier alpha value is -3.61. The minimum Gasteiger partial charge on any atom is -0.267 e. The van der Waals surface area contributed by atoms with Gasteiger partial charge in [-0.3, -0.25) is 9.67 Å². The first-order valence-corrected chi connectivity index (χ1v) is 9.58. The molecule has 0 spiro atoms. The average molecular weight is 383 g/mol. The summed E-state index contributed by atoms with van der Waals surface area (Å²) in [6.07, 6.45) is 6.32. The number of hydrogen-bond donors (Lipinski definition) is 0. The molecular weight excluding hydrogens is 362 g/mol. The summed E-state index contributed by atoms with van der Waals surface area (Å²) in [6, 6.07) is 14.2. The van der Waals surface area contributed by atoms with Crippen LogP contribution >= 0.6 is 0 Å². The van der Waals surface area contributed by atoms with Crippen molar-refractivity contribution in [3.63, 3.8) is 0 Å². The summed E-state index contributed by atoms with van der Waals surface area (Å²) < 4.78 is 3.77. The third kappa shape index (κ3) is 3.24. The van der Waals surface area contributed by atoms with Crippen molar-refractivity contribution in [1.29, 1.82) is 0 Å². The van der Waals surface area contributed by atoms with E-state index >= 15 is 0 Å². The quantitative estimate of drug-likeness (QED) is 0.473. The zero-order valence-corrected chi connectivity index (χ0v) is 16.6. The minimum absolute atomic E-state index is 0.0744. The van der Waals surface area contributed by atoms with Crippen molar-refractivity contribution in [3.8, 4) is 11.3 Å². The zero-order valence-electron chi connectivity index (χ0n) is 16.6. The molecule has 0 radical (unpaired) electrons. The molecule has 7 heteroatoms. The summed E-state index contributed by atoms with van der Waals surface area (Å²) in [5.41, 5.74) is 4.60. The summed E-state index contributed by atoms with van der Waals surface area (Å²) in [5, 5.41) is 19.0. The Morgan fingerprint density at radius 2 is 1.90 bits per heavy atom. The molecule has 0 aliphatic rings. The van der Waals surface area contributed by atoms with Gasteiger partial charge in [0.25, 0.3) is 0 Å². The molecule has 1 aromatic carbocycles. The SMILES string of the molecule is CC(C)(C)n1cc(-c2ccc3nnc(Cc4ccc5ncccc5c4)n3n2)cn1. The summed E-state index contributed by atoms with van der Waals surface area (Å²) in [6.45, 7) is 6.37. The van der Waals surface area contributed by atoms with E-state index in [1.807, 2.05) is 45.9 Å². The van der Waals surface area contributed by atoms with Crippen LogP contribution in [0, 0.1) is 0 Å². The number of benzene rings is 1. The fourth-order valence-corrected chi connectivity index (χ4v) is 3.34. The molecule has 144 valence electrons. The van der Waals surface area contributed by atoms with E-state index in [9.17, 15) is 0 Å². The van der Waals surface area contributed by atoms with Gasteiger partial charge in [-0.05, 0) is 56.7 Å². The highest BCUT2D eigenvalue weighted by molar-refractivity contribution is 5.79. The van der Waals surface area contributed by atoms with Crippen molar-refractivity contribution in [2.75, 3.05) is 0 Å². The summed E-state index contributed by atoms with van der Waals surface area (Å²) in [7, 11) is 0. The van der Waals surface area contributed by atoms with Crippen LogP contribution in [0.15, 0.2) is 61.1 Å². The molecule has 5 aromatic rings. The van der Waals surface area contributed by atoms with E-state index in [1.165, 1.54) is 0 Å². The molecule has 0 unspecified atom stereocenters. The maximum Gasteiger partial charge on any atom is 0.177 e. The monoisotopic (exact) mass is 383 g/mol. The Bertz CT molecular complexity index is 1320. The van der Waals surface area contributed by atoms with Crippen LogP contribution < -0.4 is 0 Å². The third-order valence-corrected chi connectivity index (χ3v) is 4.92. The van der Waals surface area contributed by atoms with Gasteiger partial charge in [0.1, 0.15) is 0 Å². The highest BCUT2D eigenvalue weighted by atomic mass is 15.4. The fourth-order valence-electron chi connectivity index (χ4n) is 3.34. The fraction of sp³-hybridized carbons (Fsp3) is 0.227. The number of nitrogens with zero attached hydrogens (tertiary/aromatic N) is 7. The van der Waals surface area contributed by atoms with Crippen LogP contribution in [-0.2, 0) is 12.0 Å². The highest BCUT2D eigenvalue weighted by Crippen LogP contribution is 2.21. The highest BCUT2D eigenvalue weighted by Gasteiger charge is 2.16. The van der Waals surface area contributed by atoms with Crippen molar-refractivity contribution in [3.05, 3.63) is 72.4 Å². The predicted molar refractivity (Wildman–Crippen MR) is 112 cm³/mol. The Kier molecular flexibility index (Phi) is 3.91. The summed E-state index contributed by atoms with van der Waals surface area (Å²) in [5.74, 6) is 0.799. The van der Waals surface area contributed by atoms with E-state index in [0.717, 1.165) is 39.2 Å². The second kappa shape index (κ2) is 6.48. The lowest BCUT2D eigenvalue weighted by molar-refractivity contribution is 0.355. The molecule has 0 bridgehead atoms. The van der Waals surface area contributed by atoms with E-state index in [2.05, 4.69) is 59.3 Å². The predicted octanol–water partition coefficient (Wildman–Crippen LogP) is 3.88. The van der Waals surface area contributed by atoms with Crippen LogP contribution in [-0.4, -0.2) is 34.6 Å². The molecule has 0 aliphatic heterocycles. The molecule has 0 fully saturated rings. The van der Waals surface area contributed by atoms with Gasteiger partial charge in [0.05, 0.1) is 22.9 Å². The maximum absolute atomic E-state index is 4.79. The molecule has 0 amide bonds. The summed E-state index contributed by atoms with van der Waals surface area (Å²) in [4.78, 5) is 4.38. The van der Waals surface area contributed by atoms with Gasteiger partial charge in [0.2, 0.25) is 0 Å². The van der Waals surface area contributed by atoms with Crippen molar-refractivity contribution in [2.24, 2.45) is 0 Å². The number of fused-ring (bicyclic) bond motifs is 2. The lowest BCUT2D eigenvalue weighted by Crippen LogP contribution is -2.21. The molecule has 0 N–H and O–H groups in total. The molecule has 7 nitrogen and oxygen atoms in total. The van der Waals surface area contributed by atoms with Gasteiger partial charge in [-0.25, -0.2) is 0 Å². The van der Waals surface area contributed by atoms with Crippen LogP contribution in [0.25, 0.3) is 27.8 Å². The molecule has 0 atom stereocenters. The lowest BCUT2D eigenvalue weighted by atomic mass is 10.1. The first-order chi connectivity index (χ1) is 14.0. The van der Waals surface area contributed by atoms with Gasteiger partial charge in [-0.15, -0.1) is 10.2 Å². The van der Waals surface area contributed by atoms with Gasteiger partial charge in [-0.2, -0.15) is 14.7 Å². The van der Waals surface area contributed by atoms with Crippen molar-refractivity contribution >= 4 is 16.6 Å². The Balaban J connectivity index is 1.51. The first kappa shape index (κ1) is 17.5. The largest absolute Gasteiger partial charge is 0.267 e. The Morgan fingerprint density at radius 1 is 1.00 bits per heavy atom. The van der Waals surface area contributed by atoms with Gasteiger partial charge < -0.3 is 0 Å². The van der Waals surface area contributed by atoms with E-state index in [4.69, 9.17) is 5.10 Å². The zero-order chi connectivity index (χ0) is 20.0. The topological polar surface area (TPSA) is 73.8 Å². The van der Waals surface area contributed by atoms with Crippen molar-refractivity contribution in [1.82, 2.24) is 34.6 Å². The Labute approximate surface area is 168 Å². The molecule has 0 saturated heterocycles. The smallest absolute Gasteiger partial charge is 0.177 e. The lowest BCUT2D eigenvalue weighted by Gasteiger charge is -2.18. The Morgan fingerprint density at radius 3 is 2.72 bits per heavy atom. The second-order valence-corrected chi connectivity index (χ2v) is 8.16. The summed E-state index contributed by atoms with van der Waals surface area (Å²) >= 11 is 0. The minimum atomic E-state index is -0.0744. The number of hydrogen-bond acceptors (Lipinski definition) is 5. The van der Waals surface area contributed by atoms with Crippen molar-refractivity contribution in [2.45, 2.75) is 32.7 Å². The average Bonchev–Trinajstić information content (AvgIpc) is 3.35. The van der Waals surface area contributed by atoms with Crippen LogP contribution in [0.2, 0.25) is 0 Å². The van der Waals surface area contributed by atoms with Crippen molar-refractivity contribution < 1.29 is 0 Å². The molecule has 4 heterocycles. The third-order valence-electron chi connectivity index (χ3n) is 4.92. The van der Waals surface area contributed by atoms with Crippen LogP contribution in [0.4, 0.5) is 0 Å². The van der Waals surface area contributed by atoms with Gasteiger partial charge >= 0.3 is 0 Å². The van der Waals surface area contributed by atoms with E-state index in [-0.39, 0.29) is 5.54 Å². The molecule has 5 rings (SSSR count). The van der Waals surface area contributed by atoms with E-state index in [0.29, 0.717) is 6.42 Å². The molecule has 0 aliphatic carbocycles. The van der Waals surface area contributed by atoms with Gasteiger partial charge in [-0.1, -0.05) is 12.1 Å². The standard InChI is InChI=1S/C22H21N7/c1-22(2,3)28-14-17(13-24-28)19-8-9-20-25-26-21(29(20)27-19)12-15-6-7-18-16(11-15)5-4-10-23-18/h4-11,13-14H,12H2,1-3H3. The molecule has 0 saturated carbocycles. The molecular formula is C22H21N7. The number of pyridine rings is 1. The van der Waals surface area contributed by atoms with Crippen LogP contribution in [0.3, 0.4) is 0 Å². The molecule has 4 aromatic heterocycles. The second-order valence-electron chi connectivity index (χ2n) is 8.16. The number of aromatic nitrogens is 7. The maximum atomic E-state index is 4.79. The van der Waals surface area contributed by atoms with E-state index < -0.39 is 0 Å². The van der Waals surface area contributed by atoms with E-state index in [1.54, 1.807) is 6.20 Å². The molecule has 29 heavy (non-hydrogen) atoms. The normalized spacial score (nSPS) is 12.1. The van der Waals surface area contributed by atoms with Crippen LogP contribution in [0.5, 0.6) is 0 Å². The van der Waals surface area contributed by atoms with Crippen LogP contribution in [0.1, 0.15) is 32.2 Å². The van der Waals surface area contributed by atoms with Gasteiger partial charge in [0, 0.05) is 29.8 Å².